The molecule has 0 spiro atoms. The Morgan fingerprint density at radius 2 is 1.88 bits per heavy atom. The third kappa shape index (κ3) is 5.20. The summed E-state index contributed by atoms with van der Waals surface area (Å²) in [7, 11) is 0. The largest absolute Gasteiger partial charge is 0.481 e. The van der Waals surface area contributed by atoms with Crippen LogP contribution in [0.25, 0.3) is 11.1 Å². The third-order valence-electron chi connectivity index (χ3n) is 4.21. The van der Waals surface area contributed by atoms with E-state index in [4.69, 9.17) is 0 Å². The molecule has 0 amide bonds. The van der Waals surface area contributed by atoms with Crippen molar-refractivity contribution >= 4 is 5.97 Å². The van der Waals surface area contributed by atoms with Gasteiger partial charge in [-0.1, -0.05) is 56.3 Å². The minimum absolute atomic E-state index is 0.329. The molecule has 3 nitrogen and oxygen atoms in total. The number of hydrogen-bond acceptors (Lipinski definition) is 2. The number of aryl methyl sites for hydroxylation is 1. The van der Waals surface area contributed by atoms with Crippen LogP contribution in [0, 0.1) is 18.8 Å². The maximum atomic E-state index is 11.3. The molecule has 0 saturated heterocycles. The van der Waals surface area contributed by atoms with Crippen LogP contribution in [0.3, 0.4) is 0 Å². The summed E-state index contributed by atoms with van der Waals surface area (Å²) >= 11 is 0. The van der Waals surface area contributed by atoms with Crippen molar-refractivity contribution in [3.05, 3.63) is 59.7 Å². The van der Waals surface area contributed by atoms with Gasteiger partial charge in [0.25, 0.3) is 0 Å². The molecule has 0 fully saturated rings. The fourth-order valence-electron chi connectivity index (χ4n) is 2.98. The van der Waals surface area contributed by atoms with Gasteiger partial charge in [-0.2, -0.15) is 0 Å². The molecule has 2 aromatic carbocycles. The van der Waals surface area contributed by atoms with Crippen molar-refractivity contribution < 1.29 is 9.90 Å². The van der Waals surface area contributed by atoms with Crippen LogP contribution in [0.15, 0.2) is 48.5 Å². The molecule has 1 atom stereocenters. The smallest absolute Gasteiger partial charge is 0.307 e. The van der Waals surface area contributed by atoms with Crippen molar-refractivity contribution in [3.8, 4) is 11.1 Å². The van der Waals surface area contributed by atoms with E-state index < -0.39 is 5.97 Å². The Hall–Kier alpha value is -2.13. The Kier molecular flexibility index (Phi) is 6.56. The Morgan fingerprint density at radius 1 is 1.12 bits per heavy atom. The molecule has 0 saturated carbocycles. The van der Waals surface area contributed by atoms with Gasteiger partial charge in [0.1, 0.15) is 0 Å². The van der Waals surface area contributed by atoms with Gasteiger partial charge in [-0.25, -0.2) is 0 Å². The summed E-state index contributed by atoms with van der Waals surface area (Å²) in [6.45, 7) is 7.41. The van der Waals surface area contributed by atoms with Crippen molar-refractivity contribution in [2.24, 2.45) is 11.8 Å². The Morgan fingerprint density at radius 3 is 2.54 bits per heavy atom. The van der Waals surface area contributed by atoms with E-state index in [0.717, 1.165) is 0 Å². The van der Waals surface area contributed by atoms with Crippen LogP contribution in [-0.2, 0) is 11.3 Å². The first kappa shape index (κ1) is 18.2. The van der Waals surface area contributed by atoms with E-state index in [1.165, 1.54) is 22.3 Å². The van der Waals surface area contributed by atoms with Crippen LogP contribution >= 0.6 is 0 Å². The summed E-state index contributed by atoms with van der Waals surface area (Å²) < 4.78 is 0. The molecule has 2 aromatic rings. The number of nitrogens with one attached hydrogen (secondary N) is 1. The fourth-order valence-corrected chi connectivity index (χ4v) is 2.98. The average Bonchev–Trinajstić information content (AvgIpc) is 2.54. The van der Waals surface area contributed by atoms with Crippen molar-refractivity contribution in [3.63, 3.8) is 0 Å². The number of benzene rings is 2. The molecule has 0 aliphatic heterocycles. The summed E-state index contributed by atoms with van der Waals surface area (Å²) in [6, 6.07) is 16.8. The van der Waals surface area contributed by atoms with Crippen molar-refractivity contribution in [2.75, 3.05) is 6.54 Å². The highest BCUT2D eigenvalue weighted by molar-refractivity contribution is 5.70. The molecular weight excluding hydrogens is 298 g/mol. The Bertz CT molecular complexity index is 679. The number of carboxylic acid groups (broad SMARTS) is 1. The lowest BCUT2D eigenvalue weighted by Gasteiger charge is -2.15. The van der Waals surface area contributed by atoms with Crippen molar-refractivity contribution in [1.82, 2.24) is 5.32 Å². The average molecular weight is 325 g/mol. The molecule has 2 N–H and O–H groups in total. The molecule has 0 radical (unpaired) electrons. The first-order chi connectivity index (χ1) is 11.5. The van der Waals surface area contributed by atoms with E-state index in [2.05, 4.69) is 68.6 Å². The summed E-state index contributed by atoms with van der Waals surface area (Å²) in [4.78, 5) is 11.3. The molecule has 24 heavy (non-hydrogen) atoms. The number of carboxylic acids is 1. The molecule has 0 bridgehead atoms. The fraction of sp³-hybridized carbons (Fsp3) is 0.381. The maximum Gasteiger partial charge on any atom is 0.307 e. The van der Waals surface area contributed by atoms with E-state index in [1.54, 1.807) is 0 Å². The van der Waals surface area contributed by atoms with E-state index >= 15 is 0 Å². The van der Waals surface area contributed by atoms with Gasteiger partial charge < -0.3 is 10.4 Å². The molecule has 2 rings (SSSR count). The predicted molar refractivity (Wildman–Crippen MR) is 98.9 cm³/mol. The van der Waals surface area contributed by atoms with Crippen LogP contribution in [0.1, 0.15) is 31.4 Å². The van der Waals surface area contributed by atoms with Crippen molar-refractivity contribution in [1.29, 1.82) is 0 Å². The molecular formula is C21H27NO2. The van der Waals surface area contributed by atoms with Crippen LogP contribution in [0.5, 0.6) is 0 Å². The van der Waals surface area contributed by atoms with Gasteiger partial charge in [0, 0.05) is 13.1 Å². The van der Waals surface area contributed by atoms with Gasteiger partial charge in [0.15, 0.2) is 0 Å². The standard InChI is InChI=1S/C21H27NO2/c1-15(2)11-19(21(23)24)14-22-13-17-8-6-9-18(12-17)20-10-5-4-7-16(20)3/h4-10,12,15,19,22H,11,13-14H2,1-3H3,(H,23,24). The highest BCUT2D eigenvalue weighted by atomic mass is 16.4. The highest BCUT2D eigenvalue weighted by Gasteiger charge is 2.18. The van der Waals surface area contributed by atoms with Gasteiger partial charge in [-0.3, -0.25) is 4.79 Å². The number of carbonyl (C=O) groups is 1. The molecule has 0 aliphatic rings. The van der Waals surface area contributed by atoms with E-state index in [-0.39, 0.29) is 5.92 Å². The van der Waals surface area contributed by atoms with Crippen LogP contribution < -0.4 is 5.32 Å². The Labute approximate surface area is 144 Å². The number of aliphatic carboxylic acids is 1. The van der Waals surface area contributed by atoms with Gasteiger partial charge in [0.05, 0.1) is 5.92 Å². The first-order valence-electron chi connectivity index (χ1n) is 8.56. The lowest BCUT2D eigenvalue weighted by atomic mass is 9.97. The predicted octanol–water partition coefficient (Wildman–Crippen LogP) is 4.50. The molecule has 128 valence electrons. The lowest BCUT2D eigenvalue weighted by molar-refractivity contribution is -0.142. The lowest BCUT2D eigenvalue weighted by Crippen LogP contribution is -2.29. The molecule has 3 heteroatoms. The minimum atomic E-state index is -0.718. The second-order valence-corrected chi connectivity index (χ2v) is 6.81. The topological polar surface area (TPSA) is 49.3 Å². The van der Waals surface area contributed by atoms with Gasteiger partial charge in [0.2, 0.25) is 0 Å². The van der Waals surface area contributed by atoms with Crippen LogP contribution in [0.4, 0.5) is 0 Å². The second kappa shape index (κ2) is 8.65. The highest BCUT2D eigenvalue weighted by Crippen LogP contribution is 2.23. The quantitative estimate of drug-likeness (QED) is 0.751. The number of rotatable bonds is 8. The molecule has 0 aliphatic carbocycles. The van der Waals surface area contributed by atoms with E-state index in [9.17, 15) is 9.90 Å². The van der Waals surface area contributed by atoms with E-state index in [0.29, 0.717) is 25.4 Å². The first-order valence-corrected chi connectivity index (χ1v) is 8.56. The second-order valence-electron chi connectivity index (χ2n) is 6.81. The number of hydrogen-bond donors (Lipinski definition) is 2. The van der Waals surface area contributed by atoms with E-state index in [1.807, 2.05) is 6.07 Å². The molecule has 0 heterocycles. The summed E-state index contributed by atoms with van der Waals surface area (Å²) in [5, 5.41) is 12.6. The zero-order valence-electron chi connectivity index (χ0n) is 14.8. The van der Waals surface area contributed by atoms with Crippen LogP contribution in [-0.4, -0.2) is 17.6 Å². The third-order valence-corrected chi connectivity index (χ3v) is 4.21. The summed E-state index contributed by atoms with van der Waals surface area (Å²) in [6.07, 6.45) is 0.700. The van der Waals surface area contributed by atoms with Gasteiger partial charge in [-0.15, -0.1) is 0 Å². The zero-order valence-corrected chi connectivity index (χ0v) is 14.8. The molecule has 0 aromatic heterocycles. The van der Waals surface area contributed by atoms with Crippen molar-refractivity contribution in [2.45, 2.75) is 33.7 Å². The zero-order chi connectivity index (χ0) is 17.5. The monoisotopic (exact) mass is 325 g/mol. The van der Waals surface area contributed by atoms with Crippen LogP contribution in [0.2, 0.25) is 0 Å². The molecule has 1 unspecified atom stereocenters. The normalized spacial score (nSPS) is 12.3. The minimum Gasteiger partial charge on any atom is -0.481 e. The maximum absolute atomic E-state index is 11.3. The summed E-state index contributed by atoms with van der Waals surface area (Å²) in [5.41, 5.74) is 4.86. The summed E-state index contributed by atoms with van der Waals surface area (Å²) in [5.74, 6) is -0.660. The van der Waals surface area contributed by atoms with Gasteiger partial charge in [-0.05, 0) is 47.6 Å². The van der Waals surface area contributed by atoms with Gasteiger partial charge >= 0.3 is 5.97 Å². The Balaban J connectivity index is 2.00. The SMILES string of the molecule is Cc1ccccc1-c1cccc(CNCC(CC(C)C)C(=O)O)c1.